The van der Waals surface area contributed by atoms with Gasteiger partial charge < -0.3 is 10.1 Å². The van der Waals surface area contributed by atoms with Crippen LogP contribution in [0, 0.1) is 17.0 Å². The van der Waals surface area contributed by atoms with Crippen LogP contribution in [0.15, 0.2) is 12.1 Å². The van der Waals surface area contributed by atoms with Gasteiger partial charge in [-0.1, -0.05) is 12.8 Å². The summed E-state index contributed by atoms with van der Waals surface area (Å²) in [5.74, 6) is 0.467. The molecular formula is C15H20N2O4S. The smallest absolute Gasteiger partial charge is 0.311 e. The number of hydrogen-bond acceptors (Lipinski definition) is 5. The second kappa shape index (κ2) is 7.49. The maximum Gasteiger partial charge on any atom is 0.311 e. The lowest BCUT2D eigenvalue weighted by atomic mass is 10.1. The first-order valence-electron chi connectivity index (χ1n) is 7.25. The van der Waals surface area contributed by atoms with Crippen LogP contribution in [0.4, 0.5) is 11.4 Å². The fourth-order valence-corrected chi connectivity index (χ4v) is 3.67. The number of methoxy groups -OCH3 is 1. The number of nitro groups is 1. The van der Waals surface area contributed by atoms with Crippen LogP contribution in [0.5, 0.6) is 5.75 Å². The molecule has 1 saturated carbocycles. The fraction of sp³-hybridized carbons (Fsp3) is 0.533. The highest BCUT2D eigenvalue weighted by atomic mass is 32.2. The van der Waals surface area contributed by atoms with E-state index in [9.17, 15) is 14.9 Å². The standard InChI is InChI=1S/C15H20N2O4S/c1-10-7-13(17(19)20)14(21-2)8-12(10)16-15(18)9-22-11-5-3-4-6-11/h7-8,11H,3-6,9H2,1-2H3,(H,16,18). The third-order valence-electron chi connectivity index (χ3n) is 3.75. The number of carbonyl (C=O) groups is 1. The van der Waals surface area contributed by atoms with Crippen molar-refractivity contribution in [3.05, 3.63) is 27.8 Å². The Kier molecular flexibility index (Phi) is 5.65. The van der Waals surface area contributed by atoms with Gasteiger partial charge in [-0.05, 0) is 25.3 Å². The molecule has 0 aromatic heterocycles. The third-order valence-corrected chi connectivity index (χ3v) is 5.12. The Morgan fingerprint density at radius 1 is 1.45 bits per heavy atom. The normalized spacial score (nSPS) is 14.8. The summed E-state index contributed by atoms with van der Waals surface area (Å²) in [4.78, 5) is 22.5. The molecule has 1 aliphatic carbocycles. The van der Waals surface area contributed by atoms with Crippen LogP contribution in [-0.2, 0) is 4.79 Å². The SMILES string of the molecule is COc1cc(NC(=O)CSC2CCCC2)c(C)cc1[N+](=O)[O-]. The lowest BCUT2D eigenvalue weighted by molar-refractivity contribution is -0.385. The van der Waals surface area contributed by atoms with E-state index in [4.69, 9.17) is 4.74 Å². The molecule has 1 aromatic rings. The van der Waals surface area contributed by atoms with Crippen molar-refractivity contribution in [2.45, 2.75) is 37.9 Å². The lowest BCUT2D eigenvalue weighted by Crippen LogP contribution is -2.16. The van der Waals surface area contributed by atoms with Gasteiger partial charge in [0.05, 0.1) is 17.8 Å². The van der Waals surface area contributed by atoms with E-state index in [1.165, 1.54) is 44.9 Å². The summed E-state index contributed by atoms with van der Waals surface area (Å²) in [6.45, 7) is 1.73. The van der Waals surface area contributed by atoms with Crippen molar-refractivity contribution in [1.82, 2.24) is 0 Å². The van der Waals surface area contributed by atoms with E-state index >= 15 is 0 Å². The zero-order valence-corrected chi connectivity index (χ0v) is 13.6. The summed E-state index contributed by atoms with van der Waals surface area (Å²) in [5.41, 5.74) is 1.10. The van der Waals surface area contributed by atoms with E-state index < -0.39 is 4.92 Å². The van der Waals surface area contributed by atoms with Crippen molar-refractivity contribution >= 4 is 29.0 Å². The summed E-state index contributed by atoms with van der Waals surface area (Å²) >= 11 is 1.68. The maximum atomic E-state index is 12.0. The van der Waals surface area contributed by atoms with E-state index in [0.717, 1.165) is 0 Å². The number of ether oxygens (including phenoxy) is 1. The number of thioether (sulfide) groups is 1. The molecule has 1 fully saturated rings. The Balaban J connectivity index is 2.01. The van der Waals surface area contributed by atoms with Gasteiger partial charge in [0, 0.05) is 23.1 Å². The number of nitro benzene ring substituents is 1. The van der Waals surface area contributed by atoms with Gasteiger partial charge >= 0.3 is 5.69 Å². The first-order chi connectivity index (χ1) is 10.5. The lowest BCUT2D eigenvalue weighted by Gasteiger charge is -2.12. The number of amides is 1. The molecule has 7 heteroatoms. The Morgan fingerprint density at radius 3 is 2.73 bits per heavy atom. The molecule has 1 aromatic carbocycles. The molecule has 0 saturated heterocycles. The van der Waals surface area contributed by atoms with E-state index in [-0.39, 0.29) is 17.3 Å². The van der Waals surface area contributed by atoms with Crippen molar-refractivity contribution in [3.63, 3.8) is 0 Å². The van der Waals surface area contributed by atoms with E-state index in [1.54, 1.807) is 18.7 Å². The van der Waals surface area contributed by atoms with Crippen LogP contribution < -0.4 is 10.1 Å². The maximum absolute atomic E-state index is 12.0. The molecule has 0 atom stereocenters. The van der Waals surface area contributed by atoms with Crippen molar-refractivity contribution in [2.75, 3.05) is 18.2 Å². The van der Waals surface area contributed by atoms with Crippen LogP contribution in [0.2, 0.25) is 0 Å². The Bertz CT molecular complexity index is 571. The summed E-state index contributed by atoms with van der Waals surface area (Å²) in [6, 6.07) is 2.92. The number of aryl methyl sites for hydroxylation is 1. The highest BCUT2D eigenvalue weighted by Gasteiger charge is 2.20. The fourth-order valence-electron chi connectivity index (χ4n) is 2.55. The number of benzene rings is 1. The molecule has 6 nitrogen and oxygen atoms in total. The van der Waals surface area contributed by atoms with Gasteiger partial charge in [-0.3, -0.25) is 14.9 Å². The minimum Gasteiger partial charge on any atom is -0.490 e. The average molecular weight is 324 g/mol. The largest absolute Gasteiger partial charge is 0.490 e. The number of nitrogens with one attached hydrogen (secondary N) is 1. The predicted octanol–water partition coefficient (Wildman–Crippen LogP) is 3.53. The second-order valence-corrected chi connectivity index (χ2v) is 6.65. The van der Waals surface area contributed by atoms with Gasteiger partial charge in [-0.15, -0.1) is 11.8 Å². The molecule has 0 heterocycles. The van der Waals surface area contributed by atoms with Gasteiger partial charge in [-0.2, -0.15) is 0 Å². The zero-order valence-electron chi connectivity index (χ0n) is 12.8. The summed E-state index contributed by atoms with van der Waals surface area (Å²) in [5, 5.41) is 14.3. The molecule has 1 aliphatic rings. The molecule has 120 valence electrons. The van der Waals surface area contributed by atoms with Crippen molar-refractivity contribution in [1.29, 1.82) is 0 Å². The zero-order chi connectivity index (χ0) is 16.1. The molecule has 1 N–H and O–H groups in total. The van der Waals surface area contributed by atoms with Crippen molar-refractivity contribution in [3.8, 4) is 5.75 Å². The Morgan fingerprint density at radius 2 is 2.14 bits per heavy atom. The van der Waals surface area contributed by atoms with Crippen LogP contribution in [0.3, 0.4) is 0 Å². The minimum atomic E-state index is -0.493. The number of rotatable bonds is 6. The average Bonchev–Trinajstić information content (AvgIpc) is 3.00. The van der Waals surface area contributed by atoms with Gasteiger partial charge in [0.1, 0.15) is 0 Å². The quantitative estimate of drug-likeness (QED) is 0.639. The van der Waals surface area contributed by atoms with Crippen LogP contribution in [0.25, 0.3) is 0 Å². The second-order valence-electron chi connectivity index (χ2n) is 5.36. The molecule has 0 spiro atoms. The highest BCUT2D eigenvalue weighted by molar-refractivity contribution is 8.00. The van der Waals surface area contributed by atoms with Crippen molar-refractivity contribution in [2.24, 2.45) is 0 Å². The number of nitrogens with zero attached hydrogens (tertiary/aromatic N) is 1. The minimum absolute atomic E-state index is 0.0871. The molecule has 0 unspecified atom stereocenters. The first kappa shape index (κ1) is 16.6. The molecule has 0 aliphatic heterocycles. The molecule has 1 amide bonds. The van der Waals surface area contributed by atoms with Crippen LogP contribution in [0.1, 0.15) is 31.2 Å². The van der Waals surface area contributed by atoms with Crippen LogP contribution in [-0.4, -0.2) is 28.9 Å². The predicted molar refractivity (Wildman–Crippen MR) is 87.7 cm³/mol. The van der Waals surface area contributed by atoms with Gasteiger partial charge in [0.25, 0.3) is 0 Å². The molecule has 22 heavy (non-hydrogen) atoms. The Labute approximate surface area is 133 Å². The molecule has 0 bridgehead atoms. The summed E-state index contributed by atoms with van der Waals surface area (Å²) in [6.07, 6.45) is 4.86. The van der Waals surface area contributed by atoms with Gasteiger partial charge in [-0.25, -0.2) is 0 Å². The highest BCUT2D eigenvalue weighted by Crippen LogP contribution is 2.33. The Hall–Kier alpha value is -1.76. The summed E-state index contributed by atoms with van der Waals surface area (Å²) in [7, 11) is 1.37. The van der Waals surface area contributed by atoms with Gasteiger partial charge in [0.15, 0.2) is 5.75 Å². The number of anilines is 1. The van der Waals surface area contributed by atoms with E-state index in [0.29, 0.717) is 22.3 Å². The van der Waals surface area contributed by atoms with E-state index in [1.807, 2.05) is 0 Å². The van der Waals surface area contributed by atoms with E-state index in [2.05, 4.69) is 5.32 Å². The molecule has 2 rings (SSSR count). The molecule has 0 radical (unpaired) electrons. The topological polar surface area (TPSA) is 81.5 Å². The van der Waals surface area contributed by atoms with Gasteiger partial charge in [0.2, 0.25) is 5.91 Å². The number of carbonyl (C=O) groups excluding carboxylic acids is 1. The summed E-state index contributed by atoms with van der Waals surface area (Å²) < 4.78 is 5.03. The van der Waals surface area contributed by atoms with Crippen molar-refractivity contribution < 1.29 is 14.5 Å². The number of hydrogen-bond donors (Lipinski definition) is 1. The first-order valence-corrected chi connectivity index (χ1v) is 8.30. The third kappa shape index (κ3) is 4.13. The molecular weight excluding hydrogens is 304 g/mol. The van der Waals surface area contributed by atoms with Crippen LogP contribution >= 0.6 is 11.8 Å². The monoisotopic (exact) mass is 324 g/mol.